The number of hydrogen-bond acceptors (Lipinski definition) is 3. The average Bonchev–Trinajstić information content (AvgIpc) is 2.45. The van der Waals surface area contributed by atoms with Crippen molar-refractivity contribution in [1.29, 1.82) is 0 Å². The van der Waals surface area contributed by atoms with Crippen molar-refractivity contribution in [3.63, 3.8) is 0 Å². The van der Waals surface area contributed by atoms with Crippen molar-refractivity contribution in [2.24, 2.45) is 11.7 Å². The lowest BCUT2D eigenvalue weighted by Crippen LogP contribution is -2.48. The first-order valence-corrected chi connectivity index (χ1v) is 7.83. The number of amides is 2. The second-order valence-electron chi connectivity index (χ2n) is 5.39. The largest absolute Gasteiger partial charge is 0.481 e. The highest BCUT2D eigenvalue weighted by atomic mass is 35.5. The van der Waals surface area contributed by atoms with Crippen LogP contribution in [0, 0.1) is 5.92 Å². The molecule has 22 heavy (non-hydrogen) atoms. The number of ether oxygens (including phenoxy) is 1. The number of carbonyl (C=O) groups is 2. The fourth-order valence-corrected chi connectivity index (χ4v) is 3.02. The number of nitrogens with two attached hydrogens (primary N) is 1. The maximum atomic E-state index is 12.4. The van der Waals surface area contributed by atoms with Crippen LogP contribution >= 0.6 is 23.2 Å². The molecule has 0 aliphatic carbocycles. The zero-order chi connectivity index (χ0) is 16.3. The van der Waals surface area contributed by atoms with Crippen LogP contribution in [0.2, 0.25) is 10.0 Å². The van der Waals surface area contributed by atoms with Crippen LogP contribution in [0.4, 0.5) is 0 Å². The lowest BCUT2D eigenvalue weighted by molar-refractivity contribution is -0.141. The van der Waals surface area contributed by atoms with Crippen molar-refractivity contribution in [3.05, 3.63) is 28.2 Å². The van der Waals surface area contributed by atoms with E-state index in [1.54, 1.807) is 30.0 Å². The maximum absolute atomic E-state index is 12.4. The first-order valence-electron chi connectivity index (χ1n) is 7.07. The van der Waals surface area contributed by atoms with Crippen LogP contribution in [0.15, 0.2) is 18.2 Å². The normalized spacial score (nSPS) is 19.6. The molecule has 1 heterocycles. The summed E-state index contributed by atoms with van der Waals surface area (Å²) in [5.41, 5.74) is 5.33. The van der Waals surface area contributed by atoms with Gasteiger partial charge in [0.05, 0.1) is 5.92 Å². The highest BCUT2D eigenvalue weighted by Crippen LogP contribution is 2.25. The zero-order valence-electron chi connectivity index (χ0n) is 12.2. The van der Waals surface area contributed by atoms with Gasteiger partial charge in [-0.05, 0) is 38.0 Å². The van der Waals surface area contributed by atoms with E-state index in [9.17, 15) is 9.59 Å². The van der Waals surface area contributed by atoms with Gasteiger partial charge in [0.25, 0.3) is 5.91 Å². The van der Waals surface area contributed by atoms with Crippen LogP contribution in [-0.4, -0.2) is 35.9 Å². The van der Waals surface area contributed by atoms with E-state index in [2.05, 4.69) is 0 Å². The Balaban J connectivity index is 2.00. The van der Waals surface area contributed by atoms with E-state index in [4.69, 9.17) is 33.7 Å². The Morgan fingerprint density at radius 1 is 1.32 bits per heavy atom. The summed E-state index contributed by atoms with van der Waals surface area (Å²) >= 11 is 11.8. The molecule has 0 saturated carbocycles. The molecule has 120 valence electrons. The van der Waals surface area contributed by atoms with Gasteiger partial charge in [0, 0.05) is 23.1 Å². The number of carbonyl (C=O) groups excluding carboxylic acids is 2. The van der Waals surface area contributed by atoms with Crippen LogP contribution in [-0.2, 0) is 9.59 Å². The monoisotopic (exact) mass is 344 g/mol. The standard InChI is InChI=1S/C15H18Cl2N2O3/c1-9(22-13-6-11(16)5-12(17)7-13)15(21)19-4-2-3-10(8-19)14(18)20/h5-7,9-10H,2-4,8H2,1H3,(H2,18,20)/t9-,10-/m1/s1. The number of likely N-dealkylation sites (tertiary alicyclic amines) is 1. The summed E-state index contributed by atoms with van der Waals surface area (Å²) in [5, 5.41) is 0.878. The predicted octanol–water partition coefficient (Wildman–Crippen LogP) is 2.48. The van der Waals surface area contributed by atoms with Crippen LogP contribution < -0.4 is 10.5 Å². The number of halogens is 2. The van der Waals surface area contributed by atoms with Crippen molar-refractivity contribution in [2.45, 2.75) is 25.9 Å². The zero-order valence-corrected chi connectivity index (χ0v) is 13.7. The quantitative estimate of drug-likeness (QED) is 0.911. The van der Waals surface area contributed by atoms with E-state index in [1.165, 1.54) is 0 Å². The Kier molecular flexibility index (Phi) is 5.53. The third-order valence-corrected chi connectivity index (χ3v) is 4.07. The number of rotatable bonds is 4. The first-order chi connectivity index (χ1) is 10.4. The molecule has 7 heteroatoms. The smallest absolute Gasteiger partial charge is 0.263 e. The molecule has 1 fully saturated rings. The SMILES string of the molecule is C[C@@H](Oc1cc(Cl)cc(Cl)c1)C(=O)N1CCC[C@@H](C(N)=O)C1. The molecule has 1 aromatic carbocycles. The number of primary amides is 1. The molecule has 2 amide bonds. The van der Waals surface area contributed by atoms with Crippen molar-refractivity contribution in [1.82, 2.24) is 4.90 Å². The van der Waals surface area contributed by atoms with E-state index < -0.39 is 6.10 Å². The van der Waals surface area contributed by atoms with Gasteiger partial charge in [-0.2, -0.15) is 0 Å². The van der Waals surface area contributed by atoms with Crippen LogP contribution in [0.25, 0.3) is 0 Å². The van der Waals surface area contributed by atoms with E-state index in [0.29, 0.717) is 28.9 Å². The number of hydrogen-bond donors (Lipinski definition) is 1. The minimum absolute atomic E-state index is 0.179. The van der Waals surface area contributed by atoms with Gasteiger partial charge in [0.15, 0.2) is 6.10 Å². The van der Waals surface area contributed by atoms with E-state index in [0.717, 1.165) is 12.8 Å². The van der Waals surface area contributed by atoms with Gasteiger partial charge in [0.2, 0.25) is 5.91 Å². The Hall–Kier alpha value is -1.46. The highest BCUT2D eigenvalue weighted by Gasteiger charge is 2.30. The molecule has 5 nitrogen and oxygen atoms in total. The molecule has 0 spiro atoms. The summed E-state index contributed by atoms with van der Waals surface area (Å²) in [7, 11) is 0. The summed E-state index contributed by atoms with van der Waals surface area (Å²) in [6.45, 7) is 2.61. The van der Waals surface area contributed by atoms with Crippen LogP contribution in [0.1, 0.15) is 19.8 Å². The van der Waals surface area contributed by atoms with Crippen molar-refractivity contribution in [2.75, 3.05) is 13.1 Å². The van der Waals surface area contributed by atoms with Gasteiger partial charge in [-0.3, -0.25) is 9.59 Å². The Morgan fingerprint density at radius 3 is 2.55 bits per heavy atom. The van der Waals surface area contributed by atoms with Gasteiger partial charge in [-0.25, -0.2) is 0 Å². The molecule has 1 aliphatic rings. The molecule has 2 N–H and O–H groups in total. The van der Waals surface area contributed by atoms with Gasteiger partial charge >= 0.3 is 0 Å². The average molecular weight is 345 g/mol. The van der Waals surface area contributed by atoms with Gasteiger partial charge in [-0.1, -0.05) is 23.2 Å². The van der Waals surface area contributed by atoms with Crippen molar-refractivity contribution < 1.29 is 14.3 Å². The Bertz CT molecular complexity index is 560. The lowest BCUT2D eigenvalue weighted by atomic mass is 9.97. The van der Waals surface area contributed by atoms with Crippen LogP contribution in [0.3, 0.4) is 0 Å². The number of benzene rings is 1. The Labute approximate surface area is 139 Å². The van der Waals surface area contributed by atoms with Crippen molar-refractivity contribution in [3.8, 4) is 5.75 Å². The lowest BCUT2D eigenvalue weighted by Gasteiger charge is -2.33. The molecule has 0 radical (unpaired) electrons. The topological polar surface area (TPSA) is 72.6 Å². The fraction of sp³-hybridized carbons (Fsp3) is 0.467. The third kappa shape index (κ3) is 4.27. The predicted molar refractivity (Wildman–Crippen MR) is 85.1 cm³/mol. The fourth-order valence-electron chi connectivity index (χ4n) is 2.52. The van der Waals surface area contributed by atoms with Gasteiger partial charge < -0.3 is 15.4 Å². The van der Waals surface area contributed by atoms with E-state index in [1.807, 2.05) is 0 Å². The minimum Gasteiger partial charge on any atom is -0.481 e. The summed E-state index contributed by atoms with van der Waals surface area (Å²) in [4.78, 5) is 25.3. The molecule has 1 aliphatic heterocycles. The summed E-state index contributed by atoms with van der Waals surface area (Å²) in [6.07, 6.45) is 0.786. The number of nitrogens with zero attached hydrogens (tertiary/aromatic N) is 1. The third-order valence-electron chi connectivity index (χ3n) is 3.63. The maximum Gasteiger partial charge on any atom is 0.263 e. The van der Waals surface area contributed by atoms with E-state index >= 15 is 0 Å². The molecular formula is C15H18Cl2N2O3. The van der Waals surface area contributed by atoms with Gasteiger partial charge in [-0.15, -0.1) is 0 Å². The summed E-state index contributed by atoms with van der Waals surface area (Å²) in [6, 6.07) is 4.78. The highest BCUT2D eigenvalue weighted by molar-refractivity contribution is 6.34. The second-order valence-corrected chi connectivity index (χ2v) is 6.26. The first kappa shape index (κ1) is 16.9. The van der Waals surface area contributed by atoms with E-state index in [-0.39, 0.29) is 17.7 Å². The molecule has 2 rings (SSSR count). The molecule has 1 aromatic rings. The van der Waals surface area contributed by atoms with Gasteiger partial charge in [0.1, 0.15) is 5.75 Å². The second kappa shape index (κ2) is 7.20. The summed E-state index contributed by atoms with van der Waals surface area (Å²) in [5.74, 6) is -0.401. The molecule has 0 bridgehead atoms. The summed E-state index contributed by atoms with van der Waals surface area (Å²) < 4.78 is 5.61. The molecule has 0 aromatic heterocycles. The number of piperidine rings is 1. The molecule has 0 unspecified atom stereocenters. The molecule has 2 atom stereocenters. The van der Waals surface area contributed by atoms with Crippen molar-refractivity contribution >= 4 is 35.0 Å². The Morgan fingerprint density at radius 2 is 1.95 bits per heavy atom. The molecule has 1 saturated heterocycles. The molecular weight excluding hydrogens is 327 g/mol. The minimum atomic E-state index is -0.693. The van der Waals surface area contributed by atoms with Crippen LogP contribution in [0.5, 0.6) is 5.75 Å².